The minimum atomic E-state index is 0.858. The first-order chi connectivity index (χ1) is 11.7. The number of rotatable bonds is 6. The van der Waals surface area contributed by atoms with Crippen molar-refractivity contribution in [2.45, 2.75) is 12.8 Å². The van der Waals surface area contributed by atoms with E-state index in [1.54, 1.807) is 11.3 Å². The highest BCUT2D eigenvalue weighted by atomic mass is 32.1. The number of allylic oxidation sites excluding steroid dienone is 2. The minimum Gasteiger partial charge on any atom is -0.390 e. The van der Waals surface area contributed by atoms with Crippen molar-refractivity contribution in [1.29, 1.82) is 0 Å². The zero-order valence-corrected chi connectivity index (χ0v) is 14.5. The molecule has 0 aliphatic carbocycles. The summed E-state index contributed by atoms with van der Waals surface area (Å²) in [6.45, 7) is 7.58. The van der Waals surface area contributed by atoms with E-state index in [4.69, 9.17) is 5.73 Å². The molecule has 2 aromatic carbocycles. The lowest BCUT2D eigenvalue weighted by Crippen LogP contribution is -1.88. The van der Waals surface area contributed by atoms with Gasteiger partial charge in [-0.2, -0.15) is 0 Å². The van der Waals surface area contributed by atoms with E-state index in [2.05, 4.69) is 67.1 Å². The topological polar surface area (TPSA) is 26.0 Å². The van der Waals surface area contributed by atoms with E-state index >= 15 is 0 Å². The molecule has 2 heteroatoms. The van der Waals surface area contributed by atoms with Gasteiger partial charge in [-0.1, -0.05) is 60.7 Å². The zero-order valence-electron chi connectivity index (χ0n) is 13.7. The molecular formula is C22H21NS. The summed E-state index contributed by atoms with van der Waals surface area (Å²) < 4.78 is 0. The van der Waals surface area contributed by atoms with Crippen molar-refractivity contribution < 1.29 is 0 Å². The molecule has 0 radical (unpaired) electrons. The van der Waals surface area contributed by atoms with Crippen LogP contribution in [0.4, 0.5) is 5.00 Å². The number of hydrogen-bond donors (Lipinski definition) is 1. The van der Waals surface area contributed by atoms with Gasteiger partial charge in [-0.05, 0) is 35.1 Å². The average Bonchev–Trinajstić information content (AvgIpc) is 2.99. The fourth-order valence-corrected chi connectivity index (χ4v) is 3.69. The van der Waals surface area contributed by atoms with Crippen LogP contribution >= 0.6 is 11.3 Å². The van der Waals surface area contributed by atoms with E-state index in [9.17, 15) is 0 Å². The fourth-order valence-electron chi connectivity index (χ4n) is 2.84. The van der Waals surface area contributed by atoms with Crippen LogP contribution in [0.5, 0.6) is 0 Å². The Morgan fingerprint density at radius 1 is 0.792 bits per heavy atom. The van der Waals surface area contributed by atoms with Gasteiger partial charge in [0.1, 0.15) is 0 Å². The Bertz CT molecular complexity index is 839. The van der Waals surface area contributed by atoms with Crippen LogP contribution in [0.3, 0.4) is 0 Å². The second-order valence-electron chi connectivity index (χ2n) is 5.77. The van der Waals surface area contributed by atoms with Crippen LogP contribution in [0.15, 0.2) is 79.2 Å². The quantitative estimate of drug-likeness (QED) is 0.541. The largest absolute Gasteiger partial charge is 0.390 e. The first-order valence-electron chi connectivity index (χ1n) is 8.00. The second kappa shape index (κ2) is 7.33. The van der Waals surface area contributed by atoms with Crippen molar-refractivity contribution >= 4 is 16.3 Å². The van der Waals surface area contributed by atoms with Gasteiger partial charge in [0.15, 0.2) is 0 Å². The molecule has 24 heavy (non-hydrogen) atoms. The average molecular weight is 331 g/mol. The van der Waals surface area contributed by atoms with Crippen molar-refractivity contribution in [3.63, 3.8) is 0 Å². The molecule has 3 aromatic rings. The molecule has 0 fully saturated rings. The number of thiophene rings is 1. The van der Waals surface area contributed by atoms with E-state index < -0.39 is 0 Å². The Morgan fingerprint density at radius 3 is 1.79 bits per heavy atom. The van der Waals surface area contributed by atoms with Crippen molar-refractivity contribution in [3.8, 4) is 22.3 Å². The Hall–Kier alpha value is -2.58. The third kappa shape index (κ3) is 3.34. The third-order valence-electron chi connectivity index (χ3n) is 4.09. The third-order valence-corrected chi connectivity index (χ3v) is 4.90. The lowest BCUT2D eigenvalue weighted by atomic mass is 9.96. The highest BCUT2D eigenvalue weighted by molar-refractivity contribution is 7.15. The van der Waals surface area contributed by atoms with Gasteiger partial charge in [-0.15, -0.1) is 24.5 Å². The Labute approximate surface area is 147 Å². The summed E-state index contributed by atoms with van der Waals surface area (Å²) in [4.78, 5) is 0. The van der Waals surface area contributed by atoms with Crippen LogP contribution in [0.25, 0.3) is 22.3 Å². The maximum absolute atomic E-state index is 6.27. The smallest absolute Gasteiger partial charge is 0.0942 e. The molecule has 2 N–H and O–H groups in total. The van der Waals surface area contributed by atoms with Gasteiger partial charge < -0.3 is 5.73 Å². The van der Waals surface area contributed by atoms with Crippen LogP contribution in [0.2, 0.25) is 0 Å². The summed E-state index contributed by atoms with van der Waals surface area (Å²) in [5.74, 6) is 0. The number of anilines is 1. The summed E-state index contributed by atoms with van der Waals surface area (Å²) in [6, 6.07) is 17.2. The summed E-state index contributed by atoms with van der Waals surface area (Å²) in [5, 5.41) is 3.00. The monoisotopic (exact) mass is 331 g/mol. The molecule has 0 spiro atoms. The molecule has 3 rings (SSSR count). The molecule has 0 aliphatic heterocycles. The van der Waals surface area contributed by atoms with E-state index in [0.29, 0.717) is 0 Å². The van der Waals surface area contributed by atoms with Gasteiger partial charge in [-0.3, -0.25) is 0 Å². The SMILES string of the molecule is C=CCc1ccc(-c2csc(N)c2-c2ccc(CC=C)cc2)cc1. The van der Waals surface area contributed by atoms with Crippen LogP contribution < -0.4 is 5.73 Å². The standard InChI is InChI=1S/C22H21NS/c1-3-5-16-7-11-18(12-8-16)20-15-24-22(23)21(20)19-13-9-17(6-4-2)10-14-19/h3-4,7-15H,1-2,5-6,23H2. The lowest BCUT2D eigenvalue weighted by molar-refractivity contribution is 1.28. The number of nitrogens with two attached hydrogens (primary N) is 1. The fraction of sp³-hybridized carbons (Fsp3) is 0.0909. The maximum Gasteiger partial charge on any atom is 0.0942 e. The molecule has 1 aromatic heterocycles. The van der Waals surface area contributed by atoms with Crippen LogP contribution in [-0.2, 0) is 12.8 Å². The molecule has 120 valence electrons. The molecule has 0 unspecified atom stereocenters. The first kappa shape index (κ1) is 16.3. The molecule has 0 atom stereocenters. The summed E-state index contributed by atoms with van der Waals surface area (Å²) in [5.41, 5.74) is 13.5. The highest BCUT2D eigenvalue weighted by Gasteiger charge is 2.13. The minimum absolute atomic E-state index is 0.858. The molecular weight excluding hydrogens is 310 g/mol. The van der Waals surface area contributed by atoms with Crippen LogP contribution in [0.1, 0.15) is 11.1 Å². The Balaban J connectivity index is 1.99. The zero-order chi connectivity index (χ0) is 16.9. The van der Waals surface area contributed by atoms with Gasteiger partial charge in [-0.25, -0.2) is 0 Å². The van der Waals surface area contributed by atoms with Crippen molar-refractivity contribution in [3.05, 3.63) is 90.3 Å². The number of benzene rings is 2. The molecule has 1 nitrogen and oxygen atoms in total. The first-order valence-corrected chi connectivity index (χ1v) is 8.88. The maximum atomic E-state index is 6.27. The molecule has 0 saturated carbocycles. The van der Waals surface area contributed by atoms with Crippen LogP contribution in [-0.4, -0.2) is 0 Å². The van der Waals surface area contributed by atoms with E-state index in [0.717, 1.165) is 29.0 Å². The number of hydrogen-bond acceptors (Lipinski definition) is 2. The summed E-state index contributed by atoms with van der Waals surface area (Å²) in [7, 11) is 0. The van der Waals surface area contributed by atoms with Gasteiger partial charge in [0.25, 0.3) is 0 Å². The Kier molecular flexibility index (Phi) is 4.97. The van der Waals surface area contributed by atoms with Crippen molar-refractivity contribution in [1.82, 2.24) is 0 Å². The summed E-state index contributed by atoms with van der Waals surface area (Å²) in [6.07, 6.45) is 5.62. The lowest BCUT2D eigenvalue weighted by Gasteiger charge is -2.08. The van der Waals surface area contributed by atoms with Crippen LogP contribution in [0, 0.1) is 0 Å². The van der Waals surface area contributed by atoms with Crippen molar-refractivity contribution in [2.75, 3.05) is 5.73 Å². The van der Waals surface area contributed by atoms with Gasteiger partial charge in [0, 0.05) is 16.5 Å². The Morgan fingerprint density at radius 2 is 1.29 bits per heavy atom. The predicted octanol–water partition coefficient (Wildman–Crippen LogP) is 6.12. The van der Waals surface area contributed by atoms with Gasteiger partial charge in [0.2, 0.25) is 0 Å². The molecule has 0 bridgehead atoms. The van der Waals surface area contributed by atoms with Crippen molar-refractivity contribution in [2.24, 2.45) is 0 Å². The molecule has 1 heterocycles. The molecule has 0 saturated heterocycles. The van der Waals surface area contributed by atoms with Gasteiger partial charge in [0.05, 0.1) is 5.00 Å². The van der Waals surface area contributed by atoms with E-state index in [1.165, 1.54) is 22.3 Å². The molecule has 0 amide bonds. The summed E-state index contributed by atoms with van der Waals surface area (Å²) >= 11 is 1.60. The number of nitrogen functional groups attached to an aromatic ring is 1. The second-order valence-corrected chi connectivity index (χ2v) is 6.68. The van der Waals surface area contributed by atoms with Gasteiger partial charge >= 0.3 is 0 Å². The highest BCUT2D eigenvalue weighted by Crippen LogP contribution is 2.41. The van der Waals surface area contributed by atoms with E-state index in [-0.39, 0.29) is 0 Å². The van der Waals surface area contributed by atoms with E-state index in [1.807, 2.05) is 12.2 Å². The molecule has 0 aliphatic rings. The predicted molar refractivity (Wildman–Crippen MR) is 107 cm³/mol. The normalized spacial score (nSPS) is 10.5.